The molecule has 6 nitrogen and oxygen atoms in total. The standard InChI is InChI=1S/C17H15ClFN5O/c18-14-7-3-2-6-13(14)17-21-23-24(22-17)11-16(25)20-10-9-12-5-1-4-8-15(12)19/h1-8H,9-11H2,(H,20,25). The Morgan fingerprint density at radius 2 is 1.92 bits per heavy atom. The lowest BCUT2D eigenvalue weighted by Gasteiger charge is -2.05. The minimum atomic E-state index is -0.279. The quantitative estimate of drug-likeness (QED) is 0.734. The molecule has 0 aliphatic rings. The molecule has 1 aromatic heterocycles. The maximum Gasteiger partial charge on any atom is 0.243 e. The molecule has 0 unspecified atom stereocenters. The highest BCUT2D eigenvalue weighted by Crippen LogP contribution is 2.23. The maximum atomic E-state index is 13.5. The number of rotatable bonds is 6. The van der Waals surface area contributed by atoms with Gasteiger partial charge in [0.2, 0.25) is 11.7 Å². The molecule has 8 heteroatoms. The second-order valence-corrected chi connectivity index (χ2v) is 5.72. The van der Waals surface area contributed by atoms with Crippen molar-refractivity contribution in [2.24, 2.45) is 0 Å². The number of carbonyl (C=O) groups excluding carboxylic acids is 1. The summed E-state index contributed by atoms with van der Waals surface area (Å²) in [6, 6.07) is 13.6. The first kappa shape index (κ1) is 17.0. The fourth-order valence-electron chi connectivity index (χ4n) is 2.28. The van der Waals surface area contributed by atoms with Crippen LogP contribution in [0.15, 0.2) is 48.5 Å². The molecule has 0 aliphatic heterocycles. The number of benzene rings is 2. The van der Waals surface area contributed by atoms with E-state index in [0.717, 1.165) is 0 Å². The van der Waals surface area contributed by atoms with Gasteiger partial charge in [-0.15, -0.1) is 10.2 Å². The first-order valence-corrected chi connectivity index (χ1v) is 8.04. The number of nitrogens with one attached hydrogen (secondary N) is 1. The van der Waals surface area contributed by atoms with Crippen LogP contribution in [0.2, 0.25) is 5.02 Å². The number of carbonyl (C=O) groups is 1. The van der Waals surface area contributed by atoms with E-state index in [1.807, 2.05) is 6.07 Å². The highest BCUT2D eigenvalue weighted by Gasteiger charge is 2.11. The van der Waals surface area contributed by atoms with E-state index in [1.54, 1.807) is 36.4 Å². The SMILES string of the molecule is O=C(Cn1nnc(-c2ccccc2Cl)n1)NCCc1ccccc1F. The number of halogens is 2. The minimum absolute atomic E-state index is 0.0747. The van der Waals surface area contributed by atoms with Crippen LogP contribution in [0.5, 0.6) is 0 Å². The molecule has 0 aliphatic carbocycles. The number of aromatic nitrogens is 4. The van der Waals surface area contributed by atoms with E-state index in [9.17, 15) is 9.18 Å². The summed E-state index contributed by atoms with van der Waals surface area (Å²) in [6.07, 6.45) is 0.411. The van der Waals surface area contributed by atoms with Crippen LogP contribution in [0, 0.1) is 5.82 Å². The molecule has 2 aromatic carbocycles. The average molecular weight is 360 g/mol. The largest absolute Gasteiger partial charge is 0.354 e. The molecule has 1 N–H and O–H groups in total. The Labute approximate surface area is 148 Å². The average Bonchev–Trinajstić information content (AvgIpc) is 3.05. The zero-order chi connectivity index (χ0) is 17.6. The van der Waals surface area contributed by atoms with E-state index in [2.05, 4.69) is 20.7 Å². The van der Waals surface area contributed by atoms with Crippen molar-refractivity contribution >= 4 is 17.5 Å². The maximum absolute atomic E-state index is 13.5. The van der Waals surface area contributed by atoms with Crippen LogP contribution >= 0.6 is 11.6 Å². The molecule has 0 atom stereocenters. The summed E-state index contributed by atoms with van der Waals surface area (Å²) in [5.74, 6) is -0.205. The molecular weight excluding hydrogens is 345 g/mol. The second kappa shape index (κ2) is 7.85. The molecule has 0 bridgehead atoms. The fourth-order valence-corrected chi connectivity index (χ4v) is 2.50. The molecule has 0 saturated carbocycles. The van der Waals surface area contributed by atoms with E-state index in [4.69, 9.17) is 11.6 Å². The summed E-state index contributed by atoms with van der Waals surface area (Å²) in [6.45, 7) is 0.251. The van der Waals surface area contributed by atoms with Crippen LogP contribution in [0.4, 0.5) is 4.39 Å². The molecule has 3 rings (SSSR count). The molecule has 0 spiro atoms. The number of hydrogen-bond acceptors (Lipinski definition) is 4. The molecule has 0 radical (unpaired) electrons. The van der Waals surface area contributed by atoms with Crippen molar-refractivity contribution in [3.8, 4) is 11.4 Å². The van der Waals surface area contributed by atoms with E-state index in [-0.39, 0.29) is 18.3 Å². The Bertz CT molecular complexity index is 883. The van der Waals surface area contributed by atoms with Crippen molar-refractivity contribution in [2.45, 2.75) is 13.0 Å². The third-order valence-corrected chi connectivity index (χ3v) is 3.86. The molecule has 1 amide bonds. The van der Waals surface area contributed by atoms with Crippen LogP contribution in [-0.2, 0) is 17.8 Å². The molecule has 3 aromatic rings. The van der Waals surface area contributed by atoms with Crippen molar-refractivity contribution < 1.29 is 9.18 Å². The van der Waals surface area contributed by atoms with Gasteiger partial charge in [0, 0.05) is 12.1 Å². The van der Waals surface area contributed by atoms with Crippen LogP contribution < -0.4 is 5.32 Å². The van der Waals surface area contributed by atoms with Gasteiger partial charge in [-0.1, -0.05) is 41.9 Å². The van der Waals surface area contributed by atoms with Gasteiger partial charge in [-0.25, -0.2) is 4.39 Å². The summed E-state index contributed by atoms with van der Waals surface area (Å²) >= 11 is 6.09. The van der Waals surface area contributed by atoms with Gasteiger partial charge in [0.15, 0.2) is 0 Å². The number of hydrogen-bond donors (Lipinski definition) is 1. The molecule has 25 heavy (non-hydrogen) atoms. The lowest BCUT2D eigenvalue weighted by atomic mass is 10.1. The Hall–Kier alpha value is -2.80. The Morgan fingerprint density at radius 3 is 2.72 bits per heavy atom. The van der Waals surface area contributed by atoms with Gasteiger partial charge in [-0.2, -0.15) is 4.80 Å². The summed E-state index contributed by atoms with van der Waals surface area (Å²) < 4.78 is 13.5. The van der Waals surface area contributed by atoms with Crippen molar-refractivity contribution in [1.82, 2.24) is 25.5 Å². The highest BCUT2D eigenvalue weighted by atomic mass is 35.5. The Morgan fingerprint density at radius 1 is 1.16 bits per heavy atom. The van der Waals surface area contributed by atoms with Gasteiger partial charge in [0.05, 0.1) is 5.02 Å². The predicted octanol–water partition coefficient (Wildman–Crippen LogP) is 2.49. The van der Waals surface area contributed by atoms with Crippen molar-refractivity contribution in [3.05, 3.63) is 64.9 Å². The molecule has 0 fully saturated rings. The van der Waals surface area contributed by atoms with Gasteiger partial charge >= 0.3 is 0 Å². The normalized spacial score (nSPS) is 10.6. The first-order valence-electron chi connectivity index (χ1n) is 7.66. The van der Waals surface area contributed by atoms with Gasteiger partial charge in [-0.3, -0.25) is 4.79 Å². The highest BCUT2D eigenvalue weighted by molar-refractivity contribution is 6.33. The molecule has 1 heterocycles. The van der Waals surface area contributed by atoms with Crippen LogP contribution in [0.1, 0.15) is 5.56 Å². The lowest BCUT2D eigenvalue weighted by molar-refractivity contribution is -0.122. The lowest BCUT2D eigenvalue weighted by Crippen LogP contribution is -2.30. The molecule has 128 valence electrons. The van der Waals surface area contributed by atoms with Crippen LogP contribution in [0.3, 0.4) is 0 Å². The minimum Gasteiger partial charge on any atom is -0.354 e. The van der Waals surface area contributed by atoms with E-state index >= 15 is 0 Å². The van der Waals surface area contributed by atoms with Crippen LogP contribution in [0.25, 0.3) is 11.4 Å². The van der Waals surface area contributed by atoms with Gasteiger partial charge in [-0.05, 0) is 35.4 Å². The zero-order valence-corrected chi connectivity index (χ0v) is 13.9. The van der Waals surface area contributed by atoms with E-state index < -0.39 is 0 Å². The predicted molar refractivity (Wildman–Crippen MR) is 91.4 cm³/mol. The van der Waals surface area contributed by atoms with E-state index in [0.29, 0.717) is 34.9 Å². The van der Waals surface area contributed by atoms with Crippen LogP contribution in [-0.4, -0.2) is 32.7 Å². The number of nitrogens with zero attached hydrogens (tertiary/aromatic N) is 4. The summed E-state index contributed by atoms with van der Waals surface area (Å²) in [5, 5.41) is 15.1. The smallest absolute Gasteiger partial charge is 0.243 e. The van der Waals surface area contributed by atoms with Gasteiger partial charge in [0.25, 0.3) is 0 Å². The third-order valence-electron chi connectivity index (χ3n) is 3.53. The summed E-state index contributed by atoms with van der Waals surface area (Å²) in [7, 11) is 0. The zero-order valence-electron chi connectivity index (χ0n) is 13.2. The molecule has 0 saturated heterocycles. The van der Waals surface area contributed by atoms with Gasteiger partial charge < -0.3 is 5.32 Å². The molecular formula is C17H15ClFN5O. The Kier molecular flexibility index (Phi) is 5.35. The fraction of sp³-hybridized carbons (Fsp3) is 0.176. The Balaban J connectivity index is 1.54. The third kappa shape index (κ3) is 4.39. The van der Waals surface area contributed by atoms with Crippen molar-refractivity contribution in [1.29, 1.82) is 0 Å². The van der Waals surface area contributed by atoms with Crippen molar-refractivity contribution in [2.75, 3.05) is 6.54 Å². The monoisotopic (exact) mass is 359 g/mol. The summed E-state index contributed by atoms with van der Waals surface area (Å²) in [4.78, 5) is 13.1. The van der Waals surface area contributed by atoms with E-state index in [1.165, 1.54) is 10.9 Å². The number of tetrazole rings is 1. The topological polar surface area (TPSA) is 72.7 Å². The van der Waals surface area contributed by atoms with Gasteiger partial charge in [0.1, 0.15) is 12.4 Å². The second-order valence-electron chi connectivity index (χ2n) is 5.31. The number of amides is 1. The first-order chi connectivity index (χ1) is 12.1. The summed E-state index contributed by atoms with van der Waals surface area (Å²) in [5.41, 5.74) is 1.21. The van der Waals surface area contributed by atoms with Crippen molar-refractivity contribution in [3.63, 3.8) is 0 Å².